The van der Waals surface area contributed by atoms with Crippen LogP contribution in [-0.4, -0.2) is 69.5 Å². The smallest absolute Gasteiger partial charge is 0.334 e. The van der Waals surface area contributed by atoms with E-state index in [1.807, 2.05) is 23.6 Å². The number of allylic oxidation sites excluding steroid dienone is 2. The van der Waals surface area contributed by atoms with Gasteiger partial charge in [0.05, 0.1) is 36.6 Å². The molecule has 0 aliphatic carbocycles. The minimum atomic E-state index is -1.11. The van der Waals surface area contributed by atoms with Gasteiger partial charge in [0.25, 0.3) is 0 Å². The molecular formula is C24H30N4O5. The molecule has 2 aromatic rings. The maximum atomic E-state index is 12.0. The second-order valence-corrected chi connectivity index (χ2v) is 7.71. The van der Waals surface area contributed by atoms with Gasteiger partial charge in [-0.2, -0.15) is 0 Å². The summed E-state index contributed by atoms with van der Waals surface area (Å²) in [5, 5.41) is 22.8. The van der Waals surface area contributed by atoms with E-state index in [0.29, 0.717) is 23.5 Å². The number of rotatable bonds is 5. The summed E-state index contributed by atoms with van der Waals surface area (Å²) in [7, 11) is 0. The summed E-state index contributed by atoms with van der Waals surface area (Å²) in [4.78, 5) is 29.8. The average molecular weight is 455 g/mol. The molecule has 2 aliphatic rings. The molecule has 1 aromatic heterocycles. The van der Waals surface area contributed by atoms with Crippen LogP contribution in [0.4, 0.5) is 0 Å². The highest BCUT2D eigenvalue weighted by Crippen LogP contribution is 2.42. The van der Waals surface area contributed by atoms with E-state index in [0.717, 1.165) is 32.0 Å². The Morgan fingerprint density at radius 2 is 1.64 bits per heavy atom. The molecule has 0 spiro atoms. The van der Waals surface area contributed by atoms with Gasteiger partial charge in [-0.25, -0.2) is 14.6 Å². The van der Waals surface area contributed by atoms with Crippen molar-refractivity contribution in [3.63, 3.8) is 0 Å². The normalized spacial score (nSPS) is 17.0. The zero-order chi connectivity index (χ0) is 24.0. The fraction of sp³-hybridized carbons (Fsp3) is 0.375. The quantitative estimate of drug-likeness (QED) is 0.631. The van der Waals surface area contributed by atoms with Crippen molar-refractivity contribution in [1.29, 1.82) is 0 Å². The number of benzene rings is 1. The Morgan fingerprint density at radius 1 is 1.06 bits per heavy atom. The fourth-order valence-corrected chi connectivity index (χ4v) is 4.24. The summed E-state index contributed by atoms with van der Waals surface area (Å²) in [5.74, 6) is -3.05. The van der Waals surface area contributed by atoms with E-state index in [4.69, 9.17) is 4.74 Å². The third-order valence-corrected chi connectivity index (χ3v) is 5.82. The monoisotopic (exact) mass is 454 g/mol. The van der Waals surface area contributed by atoms with Gasteiger partial charge in [-0.05, 0) is 38.5 Å². The van der Waals surface area contributed by atoms with Crippen molar-refractivity contribution in [2.45, 2.75) is 26.7 Å². The lowest BCUT2D eigenvalue weighted by molar-refractivity contribution is -0.133. The van der Waals surface area contributed by atoms with Crippen LogP contribution in [0, 0.1) is 0 Å². The van der Waals surface area contributed by atoms with Crippen LogP contribution in [0.3, 0.4) is 0 Å². The van der Waals surface area contributed by atoms with Gasteiger partial charge < -0.3 is 29.7 Å². The molecule has 3 N–H and O–H groups in total. The van der Waals surface area contributed by atoms with Crippen LogP contribution in [-0.2, 0) is 14.3 Å². The molecule has 0 unspecified atom stereocenters. The van der Waals surface area contributed by atoms with Crippen molar-refractivity contribution < 1.29 is 24.5 Å². The number of ether oxygens (including phenoxy) is 1. The zero-order valence-corrected chi connectivity index (χ0v) is 19.1. The summed E-state index contributed by atoms with van der Waals surface area (Å²) < 4.78 is 6.83. The molecule has 4 rings (SSSR count). The van der Waals surface area contributed by atoms with Crippen LogP contribution in [0.1, 0.15) is 32.3 Å². The molecule has 33 heavy (non-hydrogen) atoms. The number of imidazole rings is 1. The molecule has 9 nitrogen and oxygen atoms in total. The van der Waals surface area contributed by atoms with Crippen LogP contribution in [0.2, 0.25) is 0 Å². The molecule has 1 saturated heterocycles. The first-order valence-corrected chi connectivity index (χ1v) is 10.9. The van der Waals surface area contributed by atoms with Gasteiger partial charge in [0.15, 0.2) is 0 Å². The molecule has 2 aliphatic heterocycles. The summed E-state index contributed by atoms with van der Waals surface area (Å²) in [6.07, 6.45) is 5.13. The SMILES string of the molecule is C1COCCN1.CCN1C(C)=C(C(=O)O)C(c2ccc(-n3ccnc3)cc2)C(C(=O)O)=C1C. The van der Waals surface area contributed by atoms with Crippen LogP contribution < -0.4 is 5.32 Å². The second-order valence-electron chi connectivity index (χ2n) is 7.71. The first-order chi connectivity index (χ1) is 15.9. The Morgan fingerprint density at radius 3 is 2.00 bits per heavy atom. The van der Waals surface area contributed by atoms with E-state index in [2.05, 4.69) is 10.3 Å². The largest absolute Gasteiger partial charge is 0.478 e. The zero-order valence-electron chi connectivity index (χ0n) is 19.1. The van der Waals surface area contributed by atoms with Crippen LogP contribution >= 0.6 is 0 Å². The number of hydrogen-bond acceptors (Lipinski definition) is 6. The average Bonchev–Trinajstić information content (AvgIpc) is 3.35. The van der Waals surface area contributed by atoms with Crippen molar-refractivity contribution in [2.75, 3.05) is 32.8 Å². The molecular weight excluding hydrogens is 424 g/mol. The Labute approximate surface area is 193 Å². The van der Waals surface area contributed by atoms with Crippen molar-refractivity contribution in [3.8, 4) is 5.69 Å². The molecule has 0 saturated carbocycles. The molecule has 3 heterocycles. The van der Waals surface area contributed by atoms with Crippen LogP contribution in [0.25, 0.3) is 5.69 Å². The van der Waals surface area contributed by atoms with E-state index in [9.17, 15) is 19.8 Å². The maximum absolute atomic E-state index is 12.0. The molecule has 1 aromatic carbocycles. The Hall–Kier alpha value is -3.43. The first-order valence-electron chi connectivity index (χ1n) is 10.9. The van der Waals surface area contributed by atoms with Crippen LogP contribution in [0.15, 0.2) is 65.5 Å². The Balaban J connectivity index is 0.000000442. The molecule has 9 heteroatoms. The van der Waals surface area contributed by atoms with Gasteiger partial charge >= 0.3 is 11.9 Å². The molecule has 0 amide bonds. The van der Waals surface area contributed by atoms with Gasteiger partial charge in [0.1, 0.15) is 0 Å². The van der Waals surface area contributed by atoms with Gasteiger partial charge in [-0.3, -0.25) is 0 Å². The summed E-state index contributed by atoms with van der Waals surface area (Å²) in [6.45, 7) is 9.65. The van der Waals surface area contributed by atoms with Crippen molar-refractivity contribution in [3.05, 3.63) is 71.1 Å². The summed E-state index contributed by atoms with van der Waals surface area (Å²) in [6, 6.07) is 7.20. The molecule has 1 fully saturated rings. The fourth-order valence-electron chi connectivity index (χ4n) is 4.24. The highest BCUT2D eigenvalue weighted by Gasteiger charge is 2.38. The first kappa shape index (κ1) is 24.2. The molecule has 0 bridgehead atoms. The van der Waals surface area contributed by atoms with Crippen molar-refractivity contribution in [2.24, 2.45) is 0 Å². The highest BCUT2D eigenvalue weighted by atomic mass is 16.5. The highest BCUT2D eigenvalue weighted by molar-refractivity contribution is 5.98. The third kappa shape index (κ3) is 5.32. The summed E-state index contributed by atoms with van der Waals surface area (Å²) in [5.41, 5.74) is 2.80. The van der Waals surface area contributed by atoms with Gasteiger partial charge in [0.2, 0.25) is 0 Å². The van der Waals surface area contributed by atoms with E-state index < -0.39 is 17.9 Å². The summed E-state index contributed by atoms with van der Waals surface area (Å²) >= 11 is 0. The molecule has 0 radical (unpaired) electrons. The number of carboxylic acids is 2. The van der Waals surface area contributed by atoms with Crippen molar-refractivity contribution >= 4 is 11.9 Å². The number of nitrogens with one attached hydrogen (secondary N) is 1. The van der Waals surface area contributed by atoms with Crippen LogP contribution in [0.5, 0.6) is 0 Å². The number of carboxylic acid groups (broad SMARTS) is 2. The minimum Gasteiger partial charge on any atom is -0.478 e. The predicted octanol–water partition coefficient (Wildman–Crippen LogP) is 2.61. The second kappa shape index (κ2) is 10.9. The predicted molar refractivity (Wildman–Crippen MR) is 123 cm³/mol. The van der Waals surface area contributed by atoms with Gasteiger partial charge in [0, 0.05) is 49.1 Å². The molecule has 0 atom stereocenters. The number of hydrogen-bond donors (Lipinski definition) is 3. The third-order valence-electron chi connectivity index (χ3n) is 5.82. The van der Waals surface area contributed by atoms with Gasteiger partial charge in [-0.15, -0.1) is 0 Å². The number of nitrogens with zero attached hydrogens (tertiary/aromatic N) is 3. The lowest BCUT2D eigenvalue weighted by atomic mass is 9.79. The lowest BCUT2D eigenvalue weighted by Gasteiger charge is -2.36. The number of morpholine rings is 1. The van der Waals surface area contributed by atoms with Crippen molar-refractivity contribution in [1.82, 2.24) is 19.8 Å². The Kier molecular flexibility index (Phi) is 8.02. The number of aromatic nitrogens is 2. The van der Waals surface area contributed by atoms with E-state index in [-0.39, 0.29) is 11.1 Å². The number of carbonyl (C=O) groups is 2. The minimum absolute atomic E-state index is 0.0928. The van der Waals surface area contributed by atoms with E-state index in [1.165, 1.54) is 0 Å². The lowest BCUT2D eigenvalue weighted by Crippen LogP contribution is -2.34. The topological polar surface area (TPSA) is 117 Å². The maximum Gasteiger partial charge on any atom is 0.334 e. The standard InChI is InChI=1S/C20H21N3O4.C4H9NO/c1-4-23-12(2)16(19(24)25)18(17(13(23)3)20(26)27)14-5-7-15(8-6-14)22-10-9-21-11-22;1-3-6-4-2-5-1/h5-11,18H,4H2,1-3H3,(H,24,25)(H,26,27);5H,1-4H2. The Bertz CT molecular complexity index is 988. The van der Waals surface area contributed by atoms with E-state index >= 15 is 0 Å². The molecule has 176 valence electrons. The number of aliphatic carboxylic acids is 2. The van der Waals surface area contributed by atoms with Gasteiger partial charge in [-0.1, -0.05) is 12.1 Å². The van der Waals surface area contributed by atoms with E-state index in [1.54, 1.807) is 49.6 Å².